The predicted molar refractivity (Wildman–Crippen MR) is 103 cm³/mol. The molecule has 0 saturated carbocycles. The molecule has 3 heterocycles. The molecule has 1 spiro atoms. The fourth-order valence-corrected chi connectivity index (χ4v) is 3.70. The van der Waals surface area contributed by atoms with Crippen LogP contribution in [0.5, 0.6) is 0 Å². The molecule has 6 nitrogen and oxygen atoms in total. The number of hydrogen-bond donors (Lipinski definition) is 1. The smallest absolute Gasteiger partial charge is 0.253 e. The molecule has 0 aliphatic carbocycles. The molecule has 4 rings (SSSR count). The Morgan fingerprint density at radius 3 is 2.67 bits per heavy atom. The van der Waals surface area contributed by atoms with E-state index in [0.717, 1.165) is 37.2 Å². The summed E-state index contributed by atoms with van der Waals surface area (Å²) in [5, 5.41) is 2.99. The molecule has 1 aromatic carbocycles. The summed E-state index contributed by atoms with van der Waals surface area (Å²) in [7, 11) is 0. The number of rotatable bonds is 4. The Hall–Kier alpha value is -2.44. The van der Waals surface area contributed by atoms with Crippen LogP contribution in [0.15, 0.2) is 42.7 Å². The van der Waals surface area contributed by atoms with E-state index in [9.17, 15) is 4.79 Å². The first-order valence-electron chi connectivity index (χ1n) is 9.46. The summed E-state index contributed by atoms with van der Waals surface area (Å²) in [6, 6.07) is 9.97. The molecule has 1 amide bonds. The predicted octanol–water partition coefficient (Wildman–Crippen LogP) is 2.66. The first-order chi connectivity index (χ1) is 13.2. The number of amides is 1. The van der Waals surface area contributed by atoms with Crippen molar-refractivity contribution in [3.63, 3.8) is 0 Å². The second kappa shape index (κ2) is 7.66. The van der Waals surface area contributed by atoms with Gasteiger partial charge in [0, 0.05) is 38.7 Å². The van der Waals surface area contributed by atoms with E-state index in [2.05, 4.69) is 15.2 Å². The average molecular weight is 367 g/mol. The van der Waals surface area contributed by atoms with Gasteiger partial charge in [0.25, 0.3) is 5.91 Å². The second-order valence-corrected chi connectivity index (χ2v) is 7.14. The van der Waals surface area contributed by atoms with Crippen molar-refractivity contribution in [3.8, 4) is 0 Å². The zero-order chi connectivity index (χ0) is 18.7. The lowest BCUT2D eigenvalue weighted by atomic mass is 10.0. The number of pyridine rings is 1. The van der Waals surface area contributed by atoms with Gasteiger partial charge in [0.15, 0.2) is 5.79 Å². The highest BCUT2D eigenvalue weighted by atomic mass is 16.7. The molecule has 6 heteroatoms. The summed E-state index contributed by atoms with van der Waals surface area (Å²) in [5.74, 6) is -0.504. The lowest BCUT2D eigenvalue weighted by Gasteiger charge is -2.38. The van der Waals surface area contributed by atoms with Crippen molar-refractivity contribution in [2.24, 2.45) is 0 Å². The SMILES string of the molecule is Cc1ccccc1CNC(=O)c1cncc(N2CCC3(CC2)OCCO3)c1. The van der Waals surface area contributed by atoms with Crippen LogP contribution in [0.25, 0.3) is 0 Å². The third kappa shape index (κ3) is 3.96. The maximum atomic E-state index is 12.6. The summed E-state index contributed by atoms with van der Waals surface area (Å²) in [6.07, 6.45) is 5.09. The number of aryl methyl sites for hydroxylation is 1. The molecule has 2 aromatic rings. The van der Waals surface area contributed by atoms with Crippen molar-refractivity contribution in [2.75, 3.05) is 31.2 Å². The number of carbonyl (C=O) groups is 1. The molecule has 0 unspecified atom stereocenters. The molecule has 2 fully saturated rings. The van der Waals surface area contributed by atoms with Gasteiger partial charge >= 0.3 is 0 Å². The highest BCUT2D eigenvalue weighted by molar-refractivity contribution is 5.94. The van der Waals surface area contributed by atoms with E-state index in [0.29, 0.717) is 25.3 Å². The van der Waals surface area contributed by atoms with E-state index in [1.807, 2.05) is 43.5 Å². The van der Waals surface area contributed by atoms with Gasteiger partial charge in [0.05, 0.1) is 30.7 Å². The van der Waals surface area contributed by atoms with Crippen LogP contribution in [0.4, 0.5) is 5.69 Å². The van der Waals surface area contributed by atoms with Crippen molar-refractivity contribution in [1.82, 2.24) is 10.3 Å². The summed E-state index contributed by atoms with van der Waals surface area (Å²) in [5.41, 5.74) is 3.83. The number of carbonyl (C=O) groups excluding carboxylic acids is 1. The second-order valence-electron chi connectivity index (χ2n) is 7.14. The summed E-state index contributed by atoms with van der Waals surface area (Å²) in [4.78, 5) is 19.1. The van der Waals surface area contributed by atoms with Crippen molar-refractivity contribution in [2.45, 2.75) is 32.1 Å². The number of hydrogen-bond acceptors (Lipinski definition) is 5. The van der Waals surface area contributed by atoms with Gasteiger partial charge in [-0.1, -0.05) is 24.3 Å². The zero-order valence-electron chi connectivity index (χ0n) is 15.6. The topological polar surface area (TPSA) is 63.7 Å². The van der Waals surface area contributed by atoms with Gasteiger partial charge in [-0.05, 0) is 24.1 Å². The Morgan fingerprint density at radius 1 is 1.19 bits per heavy atom. The number of nitrogens with zero attached hydrogens (tertiary/aromatic N) is 2. The molecule has 0 radical (unpaired) electrons. The molecule has 0 atom stereocenters. The van der Waals surface area contributed by atoms with Crippen molar-refractivity contribution >= 4 is 11.6 Å². The van der Waals surface area contributed by atoms with Crippen molar-refractivity contribution in [3.05, 3.63) is 59.4 Å². The molecule has 1 N–H and O–H groups in total. The molecular weight excluding hydrogens is 342 g/mol. The minimum Gasteiger partial charge on any atom is -0.370 e. The largest absolute Gasteiger partial charge is 0.370 e. The Labute approximate surface area is 159 Å². The maximum Gasteiger partial charge on any atom is 0.253 e. The normalized spacial score (nSPS) is 18.6. The van der Waals surface area contributed by atoms with E-state index < -0.39 is 5.79 Å². The monoisotopic (exact) mass is 367 g/mol. The van der Waals surface area contributed by atoms with Crippen LogP contribution < -0.4 is 10.2 Å². The molecule has 0 bridgehead atoms. The minimum absolute atomic E-state index is 0.108. The van der Waals surface area contributed by atoms with Gasteiger partial charge in [-0.3, -0.25) is 9.78 Å². The van der Waals surface area contributed by atoms with E-state index in [4.69, 9.17) is 9.47 Å². The molecule has 1 aromatic heterocycles. The fourth-order valence-electron chi connectivity index (χ4n) is 3.70. The van der Waals surface area contributed by atoms with Crippen molar-refractivity contribution in [1.29, 1.82) is 0 Å². The first-order valence-corrected chi connectivity index (χ1v) is 9.46. The third-order valence-electron chi connectivity index (χ3n) is 5.39. The van der Waals surface area contributed by atoms with Crippen LogP contribution in [0.3, 0.4) is 0 Å². The van der Waals surface area contributed by atoms with E-state index in [1.165, 1.54) is 5.56 Å². The summed E-state index contributed by atoms with van der Waals surface area (Å²) >= 11 is 0. The fraction of sp³-hybridized carbons (Fsp3) is 0.429. The van der Waals surface area contributed by atoms with Crippen LogP contribution in [-0.4, -0.2) is 43.0 Å². The van der Waals surface area contributed by atoms with Crippen molar-refractivity contribution < 1.29 is 14.3 Å². The van der Waals surface area contributed by atoms with Crippen LogP contribution >= 0.6 is 0 Å². The zero-order valence-corrected chi connectivity index (χ0v) is 15.6. The highest BCUT2D eigenvalue weighted by Crippen LogP contribution is 2.33. The van der Waals surface area contributed by atoms with Gasteiger partial charge in [0.1, 0.15) is 0 Å². The summed E-state index contributed by atoms with van der Waals surface area (Å²) in [6.45, 7) is 5.57. The van der Waals surface area contributed by atoms with Gasteiger partial charge in [-0.25, -0.2) is 0 Å². The third-order valence-corrected chi connectivity index (χ3v) is 5.39. The minimum atomic E-state index is -0.396. The van der Waals surface area contributed by atoms with Gasteiger partial charge in [-0.15, -0.1) is 0 Å². The highest BCUT2D eigenvalue weighted by Gasteiger charge is 2.39. The number of anilines is 1. The average Bonchev–Trinajstić information content (AvgIpc) is 3.16. The first kappa shape index (κ1) is 17.9. The lowest BCUT2D eigenvalue weighted by Crippen LogP contribution is -2.45. The molecule has 27 heavy (non-hydrogen) atoms. The van der Waals surface area contributed by atoms with Gasteiger partial charge in [0.2, 0.25) is 0 Å². The van der Waals surface area contributed by atoms with E-state index in [1.54, 1.807) is 6.20 Å². The Kier molecular flexibility index (Phi) is 5.09. The number of nitrogens with one attached hydrogen (secondary N) is 1. The lowest BCUT2D eigenvalue weighted by molar-refractivity contribution is -0.169. The Bertz CT molecular complexity index is 808. The Balaban J connectivity index is 1.39. The number of piperidine rings is 1. The quantitative estimate of drug-likeness (QED) is 0.900. The van der Waals surface area contributed by atoms with Crippen LogP contribution in [-0.2, 0) is 16.0 Å². The molecule has 2 aliphatic rings. The molecule has 142 valence electrons. The molecule has 2 aliphatic heterocycles. The van der Waals surface area contributed by atoms with Crippen LogP contribution in [0.1, 0.15) is 34.3 Å². The van der Waals surface area contributed by atoms with Crippen LogP contribution in [0, 0.1) is 6.92 Å². The number of benzene rings is 1. The standard InChI is InChI=1S/C21H25N3O3/c1-16-4-2-3-5-17(16)14-23-20(25)18-12-19(15-22-13-18)24-8-6-21(7-9-24)26-10-11-27-21/h2-5,12-13,15H,6-11,14H2,1H3,(H,23,25). The number of aromatic nitrogens is 1. The van der Waals surface area contributed by atoms with Crippen LogP contribution in [0.2, 0.25) is 0 Å². The molecular formula is C21H25N3O3. The van der Waals surface area contributed by atoms with E-state index in [-0.39, 0.29) is 5.91 Å². The van der Waals surface area contributed by atoms with E-state index >= 15 is 0 Å². The summed E-state index contributed by atoms with van der Waals surface area (Å²) < 4.78 is 11.6. The molecule has 2 saturated heterocycles. The Morgan fingerprint density at radius 2 is 1.93 bits per heavy atom. The maximum absolute atomic E-state index is 12.6. The van der Waals surface area contributed by atoms with Gasteiger partial charge < -0.3 is 19.7 Å². The number of ether oxygens (including phenoxy) is 2. The van der Waals surface area contributed by atoms with Gasteiger partial charge in [-0.2, -0.15) is 0 Å².